The normalized spacial score (nSPS) is 17.6. The molecule has 0 aliphatic heterocycles. The van der Waals surface area contributed by atoms with Crippen LogP contribution in [0.25, 0.3) is 0 Å². The van der Waals surface area contributed by atoms with Crippen molar-refractivity contribution in [2.45, 2.75) is 31.6 Å². The third kappa shape index (κ3) is 3.00. The summed E-state index contributed by atoms with van der Waals surface area (Å²) in [7, 11) is 0. The lowest BCUT2D eigenvalue weighted by molar-refractivity contribution is -0.131. The first-order chi connectivity index (χ1) is 9.72. The van der Waals surface area contributed by atoms with E-state index in [0.717, 1.165) is 12.0 Å². The Bertz CT molecular complexity index is 489. The van der Waals surface area contributed by atoms with Crippen molar-refractivity contribution in [2.24, 2.45) is 5.41 Å². The number of hydrogen-bond donors (Lipinski definition) is 2. The summed E-state index contributed by atoms with van der Waals surface area (Å²) in [4.78, 5) is 12.1. The van der Waals surface area contributed by atoms with E-state index in [-0.39, 0.29) is 18.4 Å². The van der Waals surface area contributed by atoms with Crippen LogP contribution in [0.2, 0.25) is 0 Å². The molecule has 0 aromatic heterocycles. The van der Waals surface area contributed by atoms with E-state index in [1.54, 1.807) is 0 Å². The summed E-state index contributed by atoms with van der Waals surface area (Å²) in [5.74, 6) is -0.0777. The molecule has 2 rings (SSSR count). The Morgan fingerprint density at radius 3 is 2.60 bits per heavy atom. The van der Waals surface area contributed by atoms with Gasteiger partial charge in [0.2, 0.25) is 5.91 Å². The van der Waals surface area contributed by atoms with Crippen molar-refractivity contribution in [3.8, 4) is 6.07 Å². The van der Waals surface area contributed by atoms with E-state index >= 15 is 0 Å². The van der Waals surface area contributed by atoms with Crippen LogP contribution in [0.3, 0.4) is 0 Å². The molecule has 1 unspecified atom stereocenters. The van der Waals surface area contributed by atoms with Gasteiger partial charge in [0, 0.05) is 19.1 Å². The highest BCUT2D eigenvalue weighted by atomic mass is 16.3. The van der Waals surface area contributed by atoms with E-state index in [9.17, 15) is 4.79 Å². The molecular formula is C16H20N2O2. The number of carbonyl (C=O) groups is 1. The molecule has 0 saturated heterocycles. The van der Waals surface area contributed by atoms with Crippen LogP contribution in [0.15, 0.2) is 30.3 Å². The van der Waals surface area contributed by atoms with Crippen molar-refractivity contribution in [2.75, 3.05) is 13.2 Å². The number of carbonyl (C=O) groups excluding carboxylic acids is 1. The standard InChI is InChI=1S/C16H20N2O2/c17-12-16(8-4-9-16)15(20)18-11-14(7-10-19)13-5-2-1-3-6-13/h1-3,5-6,14,19H,4,7-11H2,(H,18,20). The minimum absolute atomic E-state index is 0.0822. The van der Waals surface area contributed by atoms with Gasteiger partial charge in [-0.2, -0.15) is 5.26 Å². The molecule has 1 atom stereocenters. The molecule has 2 N–H and O–H groups in total. The first-order valence-corrected chi connectivity index (χ1v) is 7.07. The molecular weight excluding hydrogens is 252 g/mol. The van der Waals surface area contributed by atoms with Crippen molar-refractivity contribution in [3.05, 3.63) is 35.9 Å². The second kappa shape index (κ2) is 6.53. The highest BCUT2D eigenvalue weighted by Gasteiger charge is 2.44. The number of aliphatic hydroxyl groups excluding tert-OH is 1. The van der Waals surface area contributed by atoms with Gasteiger partial charge in [-0.1, -0.05) is 30.3 Å². The van der Waals surface area contributed by atoms with E-state index in [1.807, 2.05) is 30.3 Å². The van der Waals surface area contributed by atoms with Crippen molar-refractivity contribution >= 4 is 5.91 Å². The summed E-state index contributed by atoms with van der Waals surface area (Å²) in [6.45, 7) is 0.547. The summed E-state index contributed by atoms with van der Waals surface area (Å²) < 4.78 is 0. The molecule has 1 aliphatic carbocycles. The molecule has 0 heterocycles. The number of aliphatic hydroxyl groups is 1. The van der Waals surface area contributed by atoms with Gasteiger partial charge in [0.15, 0.2) is 0 Å². The Labute approximate surface area is 119 Å². The fourth-order valence-electron chi connectivity index (χ4n) is 2.57. The van der Waals surface area contributed by atoms with Crippen molar-refractivity contribution in [1.29, 1.82) is 5.26 Å². The van der Waals surface area contributed by atoms with E-state index in [0.29, 0.717) is 25.8 Å². The monoisotopic (exact) mass is 272 g/mol. The predicted molar refractivity (Wildman–Crippen MR) is 75.8 cm³/mol. The molecule has 0 bridgehead atoms. The van der Waals surface area contributed by atoms with Gasteiger partial charge in [0.05, 0.1) is 6.07 Å². The van der Waals surface area contributed by atoms with Crippen molar-refractivity contribution in [3.63, 3.8) is 0 Å². The van der Waals surface area contributed by atoms with E-state index in [1.165, 1.54) is 0 Å². The fraction of sp³-hybridized carbons (Fsp3) is 0.500. The molecule has 1 aliphatic rings. The summed E-state index contributed by atoms with van der Waals surface area (Å²) >= 11 is 0. The molecule has 0 spiro atoms. The fourth-order valence-corrected chi connectivity index (χ4v) is 2.57. The van der Waals surface area contributed by atoms with Gasteiger partial charge in [0.1, 0.15) is 5.41 Å². The van der Waals surface area contributed by atoms with Gasteiger partial charge in [-0.3, -0.25) is 4.79 Å². The zero-order chi connectivity index (χ0) is 14.4. The largest absolute Gasteiger partial charge is 0.396 e. The average molecular weight is 272 g/mol. The second-order valence-corrected chi connectivity index (χ2v) is 5.38. The van der Waals surface area contributed by atoms with Crippen LogP contribution in [-0.4, -0.2) is 24.2 Å². The number of benzene rings is 1. The summed E-state index contributed by atoms with van der Waals surface area (Å²) in [5, 5.41) is 21.2. The van der Waals surface area contributed by atoms with Gasteiger partial charge in [-0.25, -0.2) is 0 Å². The van der Waals surface area contributed by atoms with Gasteiger partial charge in [0.25, 0.3) is 0 Å². The number of nitrogens with zero attached hydrogens (tertiary/aromatic N) is 1. The number of hydrogen-bond acceptors (Lipinski definition) is 3. The number of nitriles is 1. The Balaban J connectivity index is 1.96. The molecule has 0 radical (unpaired) electrons. The second-order valence-electron chi connectivity index (χ2n) is 5.38. The third-order valence-corrected chi connectivity index (χ3v) is 4.11. The average Bonchev–Trinajstić information content (AvgIpc) is 2.44. The molecule has 4 nitrogen and oxygen atoms in total. The van der Waals surface area contributed by atoms with Crippen LogP contribution in [0.4, 0.5) is 0 Å². The van der Waals surface area contributed by atoms with Crippen LogP contribution in [0.1, 0.15) is 37.2 Å². The lowest BCUT2D eigenvalue weighted by atomic mass is 9.69. The van der Waals surface area contributed by atoms with Crippen molar-refractivity contribution < 1.29 is 9.90 Å². The summed E-state index contributed by atoms with van der Waals surface area (Å²) in [6.07, 6.45) is 2.86. The first-order valence-electron chi connectivity index (χ1n) is 7.07. The number of amides is 1. The third-order valence-electron chi connectivity index (χ3n) is 4.11. The van der Waals surface area contributed by atoms with Crippen LogP contribution < -0.4 is 5.32 Å². The maximum absolute atomic E-state index is 12.1. The minimum atomic E-state index is -0.805. The Morgan fingerprint density at radius 2 is 2.10 bits per heavy atom. The summed E-state index contributed by atoms with van der Waals surface area (Å²) in [5.41, 5.74) is 0.293. The minimum Gasteiger partial charge on any atom is -0.396 e. The first kappa shape index (κ1) is 14.5. The highest BCUT2D eigenvalue weighted by molar-refractivity contribution is 5.86. The maximum atomic E-state index is 12.1. The van der Waals surface area contributed by atoms with E-state index < -0.39 is 5.41 Å². The Morgan fingerprint density at radius 1 is 1.40 bits per heavy atom. The van der Waals surface area contributed by atoms with Crippen LogP contribution >= 0.6 is 0 Å². The molecule has 1 amide bonds. The smallest absolute Gasteiger partial charge is 0.240 e. The molecule has 1 aromatic carbocycles. The SMILES string of the molecule is N#CC1(C(=O)NCC(CCO)c2ccccc2)CCC1. The lowest BCUT2D eigenvalue weighted by Gasteiger charge is -2.33. The van der Waals surface area contributed by atoms with Gasteiger partial charge in [-0.15, -0.1) is 0 Å². The van der Waals surface area contributed by atoms with E-state index in [4.69, 9.17) is 10.4 Å². The Hall–Kier alpha value is -1.86. The Kier molecular flexibility index (Phi) is 4.75. The molecule has 106 valence electrons. The molecule has 4 heteroatoms. The highest BCUT2D eigenvalue weighted by Crippen LogP contribution is 2.40. The topological polar surface area (TPSA) is 73.1 Å². The molecule has 1 aromatic rings. The summed E-state index contributed by atoms with van der Waals surface area (Å²) in [6, 6.07) is 12.0. The van der Waals surface area contributed by atoms with Crippen LogP contribution in [0, 0.1) is 16.7 Å². The van der Waals surface area contributed by atoms with Crippen LogP contribution in [0.5, 0.6) is 0 Å². The van der Waals surface area contributed by atoms with Gasteiger partial charge >= 0.3 is 0 Å². The zero-order valence-electron chi connectivity index (χ0n) is 11.5. The quantitative estimate of drug-likeness (QED) is 0.831. The molecule has 1 saturated carbocycles. The number of rotatable bonds is 6. The van der Waals surface area contributed by atoms with Gasteiger partial charge in [-0.05, 0) is 31.2 Å². The maximum Gasteiger partial charge on any atom is 0.240 e. The molecule has 20 heavy (non-hydrogen) atoms. The van der Waals surface area contributed by atoms with Crippen LogP contribution in [-0.2, 0) is 4.79 Å². The van der Waals surface area contributed by atoms with Gasteiger partial charge < -0.3 is 10.4 Å². The molecule has 1 fully saturated rings. The lowest BCUT2D eigenvalue weighted by Crippen LogP contribution is -2.45. The van der Waals surface area contributed by atoms with E-state index in [2.05, 4.69) is 11.4 Å². The zero-order valence-corrected chi connectivity index (χ0v) is 11.5. The number of nitrogens with one attached hydrogen (secondary N) is 1. The van der Waals surface area contributed by atoms with Crippen molar-refractivity contribution in [1.82, 2.24) is 5.32 Å². The predicted octanol–water partition coefficient (Wildman–Crippen LogP) is 1.96.